The lowest BCUT2D eigenvalue weighted by Crippen LogP contribution is -2.45. The SMILES string of the molecule is CCC(C)(CN)CN1CCCC(COC)C1. The molecule has 3 nitrogen and oxygen atoms in total. The summed E-state index contributed by atoms with van der Waals surface area (Å²) < 4.78 is 5.26. The van der Waals surface area contributed by atoms with Crippen molar-refractivity contribution in [3.8, 4) is 0 Å². The first-order chi connectivity index (χ1) is 7.63. The van der Waals surface area contributed by atoms with Gasteiger partial charge in [-0.05, 0) is 43.7 Å². The Morgan fingerprint density at radius 1 is 1.50 bits per heavy atom. The minimum absolute atomic E-state index is 0.287. The molecule has 2 atom stereocenters. The molecule has 0 radical (unpaired) electrons. The normalized spacial score (nSPS) is 26.6. The van der Waals surface area contributed by atoms with Gasteiger partial charge in [-0.25, -0.2) is 0 Å². The highest BCUT2D eigenvalue weighted by molar-refractivity contribution is 4.81. The zero-order chi connectivity index (χ0) is 12.0. The van der Waals surface area contributed by atoms with Gasteiger partial charge in [0, 0.05) is 20.2 Å². The summed E-state index contributed by atoms with van der Waals surface area (Å²) in [4.78, 5) is 2.57. The van der Waals surface area contributed by atoms with E-state index in [0.29, 0.717) is 0 Å². The van der Waals surface area contributed by atoms with E-state index in [2.05, 4.69) is 18.7 Å². The van der Waals surface area contributed by atoms with Crippen LogP contribution in [0.15, 0.2) is 0 Å². The summed E-state index contributed by atoms with van der Waals surface area (Å²) in [7, 11) is 1.80. The highest BCUT2D eigenvalue weighted by atomic mass is 16.5. The predicted molar refractivity (Wildman–Crippen MR) is 68.5 cm³/mol. The maximum atomic E-state index is 5.88. The molecule has 0 aromatic heterocycles. The number of likely N-dealkylation sites (tertiary alicyclic amines) is 1. The fourth-order valence-electron chi connectivity index (χ4n) is 2.53. The molecule has 1 heterocycles. The van der Waals surface area contributed by atoms with Gasteiger partial charge >= 0.3 is 0 Å². The second kappa shape index (κ2) is 6.58. The number of nitrogens with zero attached hydrogens (tertiary/aromatic N) is 1. The van der Waals surface area contributed by atoms with Gasteiger partial charge in [-0.15, -0.1) is 0 Å². The van der Waals surface area contributed by atoms with Gasteiger partial charge in [0.2, 0.25) is 0 Å². The van der Waals surface area contributed by atoms with E-state index in [1.54, 1.807) is 7.11 Å². The van der Waals surface area contributed by atoms with Crippen molar-refractivity contribution in [3.63, 3.8) is 0 Å². The van der Waals surface area contributed by atoms with E-state index in [4.69, 9.17) is 10.5 Å². The second-order valence-electron chi connectivity index (χ2n) is 5.57. The van der Waals surface area contributed by atoms with Crippen LogP contribution in [-0.2, 0) is 4.74 Å². The standard InChI is InChI=1S/C13H28N2O/c1-4-13(2,10-14)11-15-7-5-6-12(8-15)9-16-3/h12H,4-11,14H2,1-3H3. The van der Waals surface area contributed by atoms with Crippen LogP contribution in [0.5, 0.6) is 0 Å². The fourth-order valence-corrected chi connectivity index (χ4v) is 2.53. The summed E-state index contributed by atoms with van der Waals surface area (Å²) in [5.74, 6) is 0.720. The van der Waals surface area contributed by atoms with Gasteiger partial charge in [-0.2, -0.15) is 0 Å². The minimum Gasteiger partial charge on any atom is -0.384 e. The highest BCUT2D eigenvalue weighted by Gasteiger charge is 2.27. The van der Waals surface area contributed by atoms with E-state index < -0.39 is 0 Å². The molecule has 2 N–H and O–H groups in total. The molecule has 0 aliphatic carbocycles. The lowest BCUT2D eigenvalue weighted by Gasteiger charge is -2.38. The molecule has 2 unspecified atom stereocenters. The van der Waals surface area contributed by atoms with Crippen molar-refractivity contribution in [1.29, 1.82) is 0 Å². The largest absolute Gasteiger partial charge is 0.384 e. The molecule has 0 bridgehead atoms. The van der Waals surface area contributed by atoms with Gasteiger partial charge in [0.15, 0.2) is 0 Å². The van der Waals surface area contributed by atoms with Crippen LogP contribution in [0.3, 0.4) is 0 Å². The lowest BCUT2D eigenvalue weighted by atomic mass is 9.86. The van der Waals surface area contributed by atoms with E-state index in [0.717, 1.165) is 32.0 Å². The van der Waals surface area contributed by atoms with Gasteiger partial charge in [0.1, 0.15) is 0 Å². The summed E-state index contributed by atoms with van der Waals surface area (Å²) in [6, 6.07) is 0. The van der Waals surface area contributed by atoms with Crippen molar-refractivity contribution in [2.45, 2.75) is 33.1 Å². The predicted octanol–water partition coefficient (Wildman–Crippen LogP) is 1.72. The summed E-state index contributed by atoms with van der Waals surface area (Å²) in [6.45, 7) is 9.78. The minimum atomic E-state index is 0.287. The summed E-state index contributed by atoms with van der Waals surface area (Å²) in [5, 5.41) is 0. The summed E-state index contributed by atoms with van der Waals surface area (Å²) >= 11 is 0. The topological polar surface area (TPSA) is 38.5 Å². The number of nitrogens with two attached hydrogens (primary N) is 1. The molecular weight excluding hydrogens is 200 g/mol. The molecule has 1 aliphatic rings. The molecule has 16 heavy (non-hydrogen) atoms. The molecule has 3 heteroatoms. The van der Waals surface area contributed by atoms with E-state index >= 15 is 0 Å². The van der Waals surface area contributed by atoms with E-state index in [9.17, 15) is 0 Å². The van der Waals surface area contributed by atoms with Crippen molar-refractivity contribution >= 4 is 0 Å². The highest BCUT2D eigenvalue weighted by Crippen LogP contribution is 2.24. The third-order valence-corrected chi connectivity index (χ3v) is 3.96. The van der Waals surface area contributed by atoms with Crippen LogP contribution in [0.4, 0.5) is 0 Å². The van der Waals surface area contributed by atoms with E-state index in [-0.39, 0.29) is 5.41 Å². The summed E-state index contributed by atoms with van der Waals surface area (Å²) in [5.41, 5.74) is 6.16. The van der Waals surface area contributed by atoms with Crippen LogP contribution < -0.4 is 5.73 Å². The van der Waals surface area contributed by atoms with Gasteiger partial charge in [0.05, 0.1) is 6.61 Å². The molecule has 0 aromatic carbocycles. The first kappa shape index (κ1) is 13.9. The maximum Gasteiger partial charge on any atom is 0.0502 e. The number of piperidine rings is 1. The Kier molecular flexibility index (Phi) is 5.73. The third kappa shape index (κ3) is 4.04. The first-order valence-corrected chi connectivity index (χ1v) is 6.55. The summed E-state index contributed by atoms with van der Waals surface area (Å²) in [6.07, 6.45) is 3.78. The Morgan fingerprint density at radius 2 is 2.25 bits per heavy atom. The molecule has 0 amide bonds. The monoisotopic (exact) mass is 228 g/mol. The average Bonchev–Trinajstić information content (AvgIpc) is 2.30. The molecule has 1 rings (SSSR count). The zero-order valence-corrected chi connectivity index (χ0v) is 11.2. The molecule has 96 valence electrons. The Hall–Kier alpha value is -0.120. The van der Waals surface area contributed by atoms with Crippen LogP contribution in [0, 0.1) is 11.3 Å². The van der Waals surface area contributed by atoms with Crippen LogP contribution >= 0.6 is 0 Å². The van der Waals surface area contributed by atoms with Crippen molar-refractivity contribution in [1.82, 2.24) is 4.90 Å². The fraction of sp³-hybridized carbons (Fsp3) is 1.00. The number of ether oxygens (including phenoxy) is 1. The maximum absolute atomic E-state index is 5.88. The quantitative estimate of drug-likeness (QED) is 0.752. The van der Waals surface area contributed by atoms with Gasteiger partial charge in [-0.1, -0.05) is 13.8 Å². The van der Waals surface area contributed by atoms with Crippen molar-refractivity contribution in [2.24, 2.45) is 17.1 Å². The zero-order valence-electron chi connectivity index (χ0n) is 11.2. The third-order valence-electron chi connectivity index (χ3n) is 3.96. The van der Waals surface area contributed by atoms with Crippen molar-refractivity contribution in [2.75, 3.05) is 39.9 Å². The molecule has 0 aromatic rings. The molecular formula is C13H28N2O. The van der Waals surface area contributed by atoms with Crippen molar-refractivity contribution < 1.29 is 4.74 Å². The lowest BCUT2D eigenvalue weighted by molar-refractivity contribution is 0.0674. The van der Waals surface area contributed by atoms with E-state index in [1.165, 1.54) is 25.9 Å². The Balaban J connectivity index is 2.41. The Morgan fingerprint density at radius 3 is 2.81 bits per heavy atom. The number of hydrogen-bond acceptors (Lipinski definition) is 3. The van der Waals surface area contributed by atoms with Gasteiger partial charge in [0.25, 0.3) is 0 Å². The molecule has 1 saturated heterocycles. The number of methoxy groups -OCH3 is 1. The Labute approximate surface area is 100 Å². The van der Waals surface area contributed by atoms with Gasteiger partial charge in [-0.3, -0.25) is 0 Å². The van der Waals surface area contributed by atoms with E-state index in [1.807, 2.05) is 0 Å². The number of hydrogen-bond donors (Lipinski definition) is 1. The molecule has 0 spiro atoms. The molecule has 1 fully saturated rings. The van der Waals surface area contributed by atoms with Crippen LogP contribution in [-0.4, -0.2) is 44.8 Å². The molecule has 0 saturated carbocycles. The Bertz CT molecular complexity index is 190. The smallest absolute Gasteiger partial charge is 0.0502 e. The van der Waals surface area contributed by atoms with Crippen molar-refractivity contribution in [3.05, 3.63) is 0 Å². The second-order valence-corrected chi connectivity index (χ2v) is 5.57. The average molecular weight is 228 g/mol. The van der Waals surface area contributed by atoms with Gasteiger partial charge < -0.3 is 15.4 Å². The van der Waals surface area contributed by atoms with Crippen LogP contribution in [0.1, 0.15) is 33.1 Å². The molecule has 1 aliphatic heterocycles. The van der Waals surface area contributed by atoms with Crippen LogP contribution in [0.25, 0.3) is 0 Å². The first-order valence-electron chi connectivity index (χ1n) is 6.55. The number of rotatable bonds is 6. The van der Waals surface area contributed by atoms with Crippen LogP contribution in [0.2, 0.25) is 0 Å².